The first-order valence-electron chi connectivity index (χ1n) is 11.9. The van der Waals surface area contributed by atoms with E-state index < -0.39 is 0 Å². The van der Waals surface area contributed by atoms with Crippen LogP contribution >= 0.6 is 0 Å². The largest absolute Gasteiger partial charge is 0.493 e. The van der Waals surface area contributed by atoms with E-state index in [0.717, 1.165) is 24.2 Å². The maximum Gasteiger partial charge on any atom is 0.221 e. The van der Waals surface area contributed by atoms with Gasteiger partial charge in [-0.25, -0.2) is 9.37 Å². The topological polar surface area (TPSA) is 118 Å². The number of nitrogen functional groups attached to an aromatic ring is 2. The number of hydrogen-bond donors (Lipinski definition) is 2. The molecule has 0 unspecified atom stereocenters. The third-order valence-corrected chi connectivity index (χ3v) is 5.91. The minimum Gasteiger partial charge on any atom is -0.493 e. The normalized spacial score (nSPS) is 14.1. The molecule has 4 N–H and O–H groups in total. The van der Waals surface area contributed by atoms with E-state index >= 15 is 4.39 Å². The highest BCUT2D eigenvalue weighted by Crippen LogP contribution is 2.41. The molecule has 3 aromatic rings. The fourth-order valence-electron chi connectivity index (χ4n) is 4.16. The van der Waals surface area contributed by atoms with E-state index in [1.54, 1.807) is 13.3 Å². The summed E-state index contributed by atoms with van der Waals surface area (Å²) in [5.41, 5.74) is 15.2. The lowest BCUT2D eigenvalue weighted by Gasteiger charge is -2.26. The van der Waals surface area contributed by atoms with Gasteiger partial charge in [0.15, 0.2) is 6.79 Å². The van der Waals surface area contributed by atoms with Crippen LogP contribution in [0.3, 0.4) is 0 Å². The number of nitrogens with zero attached hydrogens (tertiary/aromatic N) is 3. The first-order chi connectivity index (χ1) is 17.5. The number of methoxy groups -OCH3 is 1. The molecule has 0 radical (unpaired) electrons. The van der Waals surface area contributed by atoms with Gasteiger partial charge in [0.2, 0.25) is 5.95 Å². The second-order valence-corrected chi connectivity index (χ2v) is 8.46. The number of anilines is 2. The summed E-state index contributed by atoms with van der Waals surface area (Å²) in [6.45, 7) is 5.77. The molecular weight excluding hydrogens is 465 g/mol. The first kappa shape index (κ1) is 25.6. The third kappa shape index (κ3) is 6.20. The second-order valence-electron chi connectivity index (χ2n) is 8.46. The molecule has 2 aromatic carbocycles. The highest BCUT2D eigenvalue weighted by molar-refractivity contribution is 5.78. The molecule has 192 valence electrons. The van der Waals surface area contributed by atoms with Gasteiger partial charge in [-0.3, -0.25) is 4.90 Å². The first-order valence-corrected chi connectivity index (χ1v) is 11.9. The van der Waals surface area contributed by atoms with Crippen molar-refractivity contribution >= 4 is 11.8 Å². The number of nitrogens with two attached hydrogens (primary N) is 2. The Labute approximate surface area is 210 Å². The smallest absolute Gasteiger partial charge is 0.221 e. The Kier molecular flexibility index (Phi) is 8.52. The zero-order valence-electron chi connectivity index (χ0n) is 20.6. The van der Waals surface area contributed by atoms with Gasteiger partial charge in [-0.15, -0.1) is 0 Å². The van der Waals surface area contributed by atoms with Crippen LogP contribution in [-0.4, -0.2) is 61.7 Å². The number of hydrogen-bond acceptors (Lipinski definition) is 9. The molecule has 0 bridgehead atoms. The van der Waals surface area contributed by atoms with Crippen molar-refractivity contribution in [3.05, 3.63) is 59.0 Å². The maximum atomic E-state index is 15.2. The van der Waals surface area contributed by atoms with Crippen LogP contribution in [0.4, 0.5) is 16.2 Å². The Morgan fingerprint density at radius 3 is 2.47 bits per heavy atom. The van der Waals surface area contributed by atoms with Gasteiger partial charge >= 0.3 is 0 Å². The SMILES string of the molecule is CCOc1cc(Cc2cnc(N)nc2N)cc(OCOC)c1-c1ccc(CN2CCOCC2)c(F)c1. The van der Waals surface area contributed by atoms with Crippen molar-refractivity contribution in [1.29, 1.82) is 0 Å². The summed E-state index contributed by atoms with van der Waals surface area (Å²) in [6, 6.07) is 9.00. The highest BCUT2D eigenvalue weighted by Gasteiger charge is 2.20. The summed E-state index contributed by atoms with van der Waals surface area (Å²) >= 11 is 0. The van der Waals surface area contributed by atoms with Crippen molar-refractivity contribution < 1.29 is 23.3 Å². The minimum absolute atomic E-state index is 0.0206. The molecule has 2 heterocycles. The van der Waals surface area contributed by atoms with Crippen molar-refractivity contribution in [2.75, 3.05) is 58.3 Å². The number of rotatable bonds is 10. The van der Waals surface area contributed by atoms with E-state index in [1.807, 2.05) is 31.2 Å². The van der Waals surface area contributed by atoms with E-state index in [1.165, 1.54) is 6.07 Å². The van der Waals surface area contributed by atoms with Crippen LogP contribution in [0.15, 0.2) is 36.5 Å². The van der Waals surface area contributed by atoms with Crippen molar-refractivity contribution in [2.24, 2.45) is 0 Å². The second kappa shape index (κ2) is 12.0. The van der Waals surface area contributed by atoms with Crippen molar-refractivity contribution in [3.63, 3.8) is 0 Å². The van der Waals surface area contributed by atoms with Crippen LogP contribution in [0.5, 0.6) is 11.5 Å². The molecule has 0 atom stereocenters. The van der Waals surface area contributed by atoms with Crippen LogP contribution in [0.1, 0.15) is 23.6 Å². The number of morpholine rings is 1. The predicted molar refractivity (Wildman–Crippen MR) is 135 cm³/mol. The average Bonchev–Trinajstić information content (AvgIpc) is 2.86. The number of ether oxygens (including phenoxy) is 4. The van der Waals surface area contributed by atoms with Crippen LogP contribution in [0.2, 0.25) is 0 Å². The molecule has 0 aliphatic carbocycles. The van der Waals surface area contributed by atoms with Crippen molar-refractivity contribution in [2.45, 2.75) is 19.9 Å². The molecule has 10 heteroatoms. The van der Waals surface area contributed by atoms with Crippen molar-refractivity contribution in [1.82, 2.24) is 14.9 Å². The Hall–Kier alpha value is -3.47. The van der Waals surface area contributed by atoms with Crippen molar-refractivity contribution in [3.8, 4) is 22.6 Å². The lowest BCUT2D eigenvalue weighted by atomic mass is 9.97. The monoisotopic (exact) mass is 497 g/mol. The van der Waals surface area contributed by atoms with E-state index in [9.17, 15) is 0 Å². The summed E-state index contributed by atoms with van der Waals surface area (Å²) < 4.78 is 37.7. The summed E-state index contributed by atoms with van der Waals surface area (Å²) in [4.78, 5) is 10.3. The molecular formula is C26H32FN5O4. The number of halogens is 1. The molecule has 0 saturated carbocycles. The van der Waals surface area contributed by atoms with Gasteiger partial charge in [-0.1, -0.05) is 12.1 Å². The molecule has 0 spiro atoms. The molecule has 36 heavy (non-hydrogen) atoms. The summed E-state index contributed by atoms with van der Waals surface area (Å²) in [5, 5.41) is 0. The third-order valence-electron chi connectivity index (χ3n) is 5.91. The predicted octanol–water partition coefficient (Wildman–Crippen LogP) is 3.25. The van der Waals surface area contributed by atoms with Gasteiger partial charge in [0.25, 0.3) is 0 Å². The lowest BCUT2D eigenvalue weighted by molar-refractivity contribution is 0.0337. The Balaban J connectivity index is 1.70. The van der Waals surface area contributed by atoms with E-state index in [4.69, 9.17) is 30.4 Å². The van der Waals surface area contributed by atoms with Gasteiger partial charge in [-0.2, -0.15) is 4.98 Å². The molecule has 4 rings (SSSR count). The summed E-state index contributed by atoms with van der Waals surface area (Å²) in [6.07, 6.45) is 2.03. The molecule has 0 amide bonds. The quantitative estimate of drug-likeness (QED) is 0.407. The number of aromatic nitrogens is 2. The molecule has 1 fully saturated rings. The van der Waals surface area contributed by atoms with Crippen LogP contribution < -0.4 is 20.9 Å². The summed E-state index contributed by atoms with van der Waals surface area (Å²) in [7, 11) is 1.54. The van der Waals surface area contributed by atoms with Gasteiger partial charge in [0, 0.05) is 50.5 Å². The zero-order valence-corrected chi connectivity index (χ0v) is 20.6. The summed E-state index contributed by atoms with van der Waals surface area (Å²) in [5.74, 6) is 1.21. The fourth-order valence-corrected chi connectivity index (χ4v) is 4.16. The molecule has 1 aliphatic rings. The average molecular weight is 498 g/mol. The number of benzene rings is 2. The standard InChI is InChI=1S/C26H32FN5O4/c1-3-35-22-11-17(10-20-14-30-26(29)31-25(20)28)12-23(36-16-33-2)24(22)18-4-5-19(21(27)13-18)15-32-6-8-34-9-7-32/h4-5,11-14H,3,6-10,15-16H2,1-2H3,(H4,28,29,30,31). The lowest BCUT2D eigenvalue weighted by Crippen LogP contribution is -2.35. The van der Waals surface area contributed by atoms with Crippen LogP contribution in [0.25, 0.3) is 11.1 Å². The highest BCUT2D eigenvalue weighted by atomic mass is 19.1. The van der Waals surface area contributed by atoms with Crippen LogP contribution in [0, 0.1) is 5.82 Å². The van der Waals surface area contributed by atoms with E-state index in [2.05, 4.69) is 14.9 Å². The Morgan fingerprint density at radius 2 is 1.81 bits per heavy atom. The maximum absolute atomic E-state index is 15.2. The molecule has 9 nitrogen and oxygen atoms in total. The molecule has 1 aliphatic heterocycles. The van der Waals surface area contributed by atoms with Crippen LogP contribution in [-0.2, 0) is 22.4 Å². The van der Waals surface area contributed by atoms with Gasteiger partial charge in [0.1, 0.15) is 23.1 Å². The van der Waals surface area contributed by atoms with E-state index in [-0.39, 0.29) is 18.6 Å². The Morgan fingerprint density at radius 1 is 1.06 bits per heavy atom. The molecule has 1 saturated heterocycles. The van der Waals surface area contributed by atoms with E-state index in [0.29, 0.717) is 66.8 Å². The molecule has 1 aromatic heterocycles. The van der Waals surface area contributed by atoms with Gasteiger partial charge in [0.05, 0.1) is 25.4 Å². The van der Waals surface area contributed by atoms with Gasteiger partial charge in [-0.05, 0) is 36.2 Å². The minimum atomic E-state index is -0.282. The Bertz CT molecular complexity index is 1190. The zero-order chi connectivity index (χ0) is 25.5. The fraction of sp³-hybridized carbons (Fsp3) is 0.385. The van der Waals surface area contributed by atoms with Gasteiger partial charge < -0.3 is 30.4 Å².